The van der Waals surface area contributed by atoms with Gasteiger partial charge in [-0.05, 0) is 37.6 Å². The number of rotatable bonds is 7. The summed E-state index contributed by atoms with van der Waals surface area (Å²) >= 11 is 0. The molecular formula is C15H30N2O2. The maximum absolute atomic E-state index is 11.9. The lowest BCUT2D eigenvalue weighted by atomic mass is 9.85. The van der Waals surface area contributed by atoms with Crippen molar-refractivity contribution in [2.24, 2.45) is 17.6 Å². The molecule has 0 aromatic carbocycles. The zero-order valence-corrected chi connectivity index (χ0v) is 12.5. The summed E-state index contributed by atoms with van der Waals surface area (Å²) in [6.07, 6.45) is 6.38. The van der Waals surface area contributed by atoms with E-state index in [0.717, 1.165) is 32.1 Å². The first-order valence-corrected chi connectivity index (χ1v) is 7.64. The Labute approximate surface area is 117 Å². The van der Waals surface area contributed by atoms with Crippen LogP contribution in [0.25, 0.3) is 0 Å². The minimum Gasteiger partial charge on any atom is -0.388 e. The van der Waals surface area contributed by atoms with Gasteiger partial charge in [0.15, 0.2) is 0 Å². The molecule has 0 spiro atoms. The number of carbonyl (C=O) groups excluding carboxylic acids is 1. The third-order valence-corrected chi connectivity index (χ3v) is 4.01. The standard InChI is InChI=1S/C15H30N2O2/c1-12(2)8-13(10-16)9-14(18)17-11-15(19)6-4-3-5-7-15/h12-13,19H,3-11,16H2,1-2H3,(H,17,18). The first-order chi connectivity index (χ1) is 8.95. The van der Waals surface area contributed by atoms with Gasteiger partial charge in [-0.25, -0.2) is 0 Å². The molecule has 0 aliphatic heterocycles. The molecular weight excluding hydrogens is 240 g/mol. The number of nitrogens with two attached hydrogens (primary N) is 1. The Kier molecular flexibility index (Phi) is 6.80. The molecule has 1 fully saturated rings. The first kappa shape index (κ1) is 16.4. The summed E-state index contributed by atoms with van der Waals surface area (Å²) in [6.45, 7) is 5.23. The molecule has 4 N–H and O–H groups in total. The van der Waals surface area contributed by atoms with Crippen LogP contribution in [0.4, 0.5) is 0 Å². The molecule has 1 amide bonds. The fourth-order valence-electron chi connectivity index (χ4n) is 2.91. The maximum Gasteiger partial charge on any atom is 0.220 e. The summed E-state index contributed by atoms with van der Waals surface area (Å²) in [4.78, 5) is 11.9. The molecule has 1 atom stereocenters. The normalized spacial score (nSPS) is 20.3. The Bertz CT molecular complexity index is 273. The van der Waals surface area contributed by atoms with E-state index in [1.165, 1.54) is 6.42 Å². The number of nitrogens with one attached hydrogen (secondary N) is 1. The van der Waals surface area contributed by atoms with Crippen molar-refractivity contribution in [1.29, 1.82) is 0 Å². The van der Waals surface area contributed by atoms with Gasteiger partial charge in [0.1, 0.15) is 0 Å². The first-order valence-electron chi connectivity index (χ1n) is 7.64. The Morgan fingerprint density at radius 1 is 1.32 bits per heavy atom. The van der Waals surface area contributed by atoms with Crippen molar-refractivity contribution >= 4 is 5.91 Å². The number of carbonyl (C=O) groups is 1. The van der Waals surface area contributed by atoms with Gasteiger partial charge in [0, 0.05) is 13.0 Å². The second-order valence-electron chi connectivity index (χ2n) is 6.50. The summed E-state index contributed by atoms with van der Waals surface area (Å²) in [6, 6.07) is 0. The molecule has 0 heterocycles. The second kappa shape index (κ2) is 7.85. The average molecular weight is 270 g/mol. The van der Waals surface area contributed by atoms with Crippen LogP contribution in [0.2, 0.25) is 0 Å². The molecule has 1 rings (SSSR count). The SMILES string of the molecule is CC(C)CC(CN)CC(=O)NCC1(O)CCCCC1. The lowest BCUT2D eigenvalue weighted by Gasteiger charge is -2.32. The van der Waals surface area contributed by atoms with E-state index in [4.69, 9.17) is 5.73 Å². The molecule has 1 aliphatic rings. The second-order valence-corrected chi connectivity index (χ2v) is 6.50. The van der Waals surface area contributed by atoms with E-state index < -0.39 is 5.60 Å². The third kappa shape index (κ3) is 6.39. The van der Waals surface area contributed by atoms with Gasteiger partial charge in [0.25, 0.3) is 0 Å². The molecule has 0 bridgehead atoms. The van der Waals surface area contributed by atoms with Gasteiger partial charge in [-0.15, -0.1) is 0 Å². The molecule has 1 aliphatic carbocycles. The van der Waals surface area contributed by atoms with Gasteiger partial charge in [-0.3, -0.25) is 4.79 Å². The van der Waals surface area contributed by atoms with Gasteiger partial charge in [-0.1, -0.05) is 33.1 Å². The predicted octanol–water partition coefficient (Wildman–Crippen LogP) is 1.81. The molecule has 4 heteroatoms. The van der Waals surface area contributed by atoms with E-state index in [-0.39, 0.29) is 11.8 Å². The minimum absolute atomic E-state index is 0.0232. The third-order valence-electron chi connectivity index (χ3n) is 4.01. The zero-order chi connectivity index (χ0) is 14.3. The Morgan fingerprint density at radius 2 is 1.95 bits per heavy atom. The fourth-order valence-corrected chi connectivity index (χ4v) is 2.91. The van der Waals surface area contributed by atoms with E-state index in [1.807, 2.05) is 0 Å². The number of aliphatic hydroxyl groups is 1. The highest BCUT2D eigenvalue weighted by atomic mass is 16.3. The van der Waals surface area contributed by atoms with E-state index >= 15 is 0 Å². The van der Waals surface area contributed by atoms with Crippen molar-refractivity contribution in [2.45, 2.75) is 64.4 Å². The highest BCUT2D eigenvalue weighted by molar-refractivity contribution is 5.76. The molecule has 0 aromatic rings. The van der Waals surface area contributed by atoms with Crippen LogP contribution >= 0.6 is 0 Å². The Balaban J connectivity index is 2.29. The smallest absolute Gasteiger partial charge is 0.220 e. The quantitative estimate of drug-likeness (QED) is 0.660. The number of hydrogen-bond donors (Lipinski definition) is 3. The van der Waals surface area contributed by atoms with E-state index in [2.05, 4.69) is 19.2 Å². The monoisotopic (exact) mass is 270 g/mol. The maximum atomic E-state index is 11.9. The van der Waals surface area contributed by atoms with Crippen LogP contribution in [0.5, 0.6) is 0 Å². The average Bonchev–Trinajstić information content (AvgIpc) is 2.36. The van der Waals surface area contributed by atoms with Gasteiger partial charge >= 0.3 is 0 Å². The van der Waals surface area contributed by atoms with Crippen molar-refractivity contribution in [3.63, 3.8) is 0 Å². The minimum atomic E-state index is -0.676. The van der Waals surface area contributed by atoms with Crippen LogP contribution in [0.3, 0.4) is 0 Å². The number of hydrogen-bond acceptors (Lipinski definition) is 3. The van der Waals surface area contributed by atoms with E-state index in [1.54, 1.807) is 0 Å². The van der Waals surface area contributed by atoms with Gasteiger partial charge < -0.3 is 16.2 Å². The van der Waals surface area contributed by atoms with Gasteiger partial charge in [0.2, 0.25) is 5.91 Å². The zero-order valence-electron chi connectivity index (χ0n) is 12.5. The molecule has 1 saturated carbocycles. The fraction of sp³-hybridized carbons (Fsp3) is 0.933. The summed E-state index contributed by atoms with van der Waals surface area (Å²) in [7, 11) is 0. The summed E-state index contributed by atoms with van der Waals surface area (Å²) in [5.74, 6) is 0.833. The molecule has 19 heavy (non-hydrogen) atoms. The van der Waals surface area contributed by atoms with Crippen LogP contribution < -0.4 is 11.1 Å². The Morgan fingerprint density at radius 3 is 2.47 bits per heavy atom. The van der Waals surface area contributed by atoms with Crippen molar-refractivity contribution < 1.29 is 9.90 Å². The van der Waals surface area contributed by atoms with Gasteiger partial charge in [-0.2, -0.15) is 0 Å². The topological polar surface area (TPSA) is 75.4 Å². The van der Waals surface area contributed by atoms with Crippen LogP contribution in [0.1, 0.15) is 58.8 Å². The lowest BCUT2D eigenvalue weighted by Crippen LogP contribution is -2.44. The summed E-state index contributed by atoms with van der Waals surface area (Å²) in [5, 5.41) is 13.2. The highest BCUT2D eigenvalue weighted by Gasteiger charge is 2.29. The predicted molar refractivity (Wildman–Crippen MR) is 77.7 cm³/mol. The molecule has 0 radical (unpaired) electrons. The summed E-state index contributed by atoms with van der Waals surface area (Å²) < 4.78 is 0. The van der Waals surface area contributed by atoms with Crippen LogP contribution in [-0.4, -0.2) is 29.7 Å². The van der Waals surface area contributed by atoms with Crippen LogP contribution in [0.15, 0.2) is 0 Å². The molecule has 112 valence electrons. The van der Waals surface area contributed by atoms with Crippen molar-refractivity contribution in [3.05, 3.63) is 0 Å². The Hall–Kier alpha value is -0.610. The molecule has 4 nitrogen and oxygen atoms in total. The lowest BCUT2D eigenvalue weighted by molar-refractivity contribution is -0.123. The molecule has 0 saturated heterocycles. The van der Waals surface area contributed by atoms with Crippen LogP contribution in [0, 0.1) is 11.8 Å². The molecule has 0 aromatic heterocycles. The van der Waals surface area contributed by atoms with Crippen molar-refractivity contribution in [1.82, 2.24) is 5.32 Å². The van der Waals surface area contributed by atoms with Crippen LogP contribution in [-0.2, 0) is 4.79 Å². The van der Waals surface area contributed by atoms with Crippen molar-refractivity contribution in [3.8, 4) is 0 Å². The number of amides is 1. The summed E-state index contributed by atoms with van der Waals surface area (Å²) in [5.41, 5.74) is 5.03. The largest absolute Gasteiger partial charge is 0.388 e. The van der Waals surface area contributed by atoms with Gasteiger partial charge in [0.05, 0.1) is 5.60 Å². The van der Waals surface area contributed by atoms with E-state index in [9.17, 15) is 9.90 Å². The van der Waals surface area contributed by atoms with Crippen molar-refractivity contribution in [2.75, 3.05) is 13.1 Å². The van der Waals surface area contributed by atoms with E-state index in [0.29, 0.717) is 25.4 Å². The molecule has 1 unspecified atom stereocenters. The highest BCUT2D eigenvalue weighted by Crippen LogP contribution is 2.27.